The molecule has 1 aliphatic rings. The number of rotatable bonds is 5. The number of hydrogen-bond donors (Lipinski definition) is 1. The number of hydrogen-bond acceptors (Lipinski definition) is 3. The van der Waals surface area contributed by atoms with Crippen LogP contribution in [0.15, 0.2) is 59.1 Å². The first-order chi connectivity index (χ1) is 13.3. The Labute approximate surface area is 180 Å². The van der Waals surface area contributed by atoms with E-state index in [-0.39, 0.29) is 17.9 Å². The first-order valence-corrected chi connectivity index (χ1v) is 10.6. The van der Waals surface area contributed by atoms with Crippen LogP contribution in [0.5, 0.6) is 0 Å². The van der Waals surface area contributed by atoms with Gasteiger partial charge in [-0.05, 0) is 48.0 Å². The zero-order valence-electron chi connectivity index (χ0n) is 16.2. The number of benzene rings is 2. The highest BCUT2D eigenvalue weighted by Crippen LogP contribution is 2.32. The summed E-state index contributed by atoms with van der Waals surface area (Å²) in [5.41, 5.74) is 1.70. The van der Waals surface area contributed by atoms with Crippen LogP contribution in [0.3, 0.4) is 0 Å². The van der Waals surface area contributed by atoms with Gasteiger partial charge in [0.25, 0.3) is 0 Å². The van der Waals surface area contributed by atoms with Gasteiger partial charge >= 0.3 is 0 Å². The predicted molar refractivity (Wildman–Crippen MR) is 120 cm³/mol. The second-order valence-corrected chi connectivity index (χ2v) is 8.81. The van der Waals surface area contributed by atoms with Gasteiger partial charge in [0, 0.05) is 16.7 Å². The van der Waals surface area contributed by atoms with Crippen molar-refractivity contribution in [3.8, 4) is 0 Å². The third-order valence-corrected chi connectivity index (χ3v) is 6.23. The zero-order valence-corrected chi connectivity index (χ0v) is 18.7. The molecule has 148 valence electrons. The monoisotopic (exact) mass is 460 g/mol. The zero-order chi connectivity index (χ0) is 20.4. The van der Waals surface area contributed by atoms with Gasteiger partial charge in [0.1, 0.15) is 0 Å². The second kappa shape index (κ2) is 8.72. The minimum absolute atomic E-state index is 0.0280. The van der Waals surface area contributed by atoms with E-state index in [9.17, 15) is 9.90 Å². The molecule has 6 heteroatoms. The van der Waals surface area contributed by atoms with Gasteiger partial charge < -0.3 is 10.0 Å². The number of para-hydroxylation sites is 1. The summed E-state index contributed by atoms with van der Waals surface area (Å²) >= 11 is 9.09. The van der Waals surface area contributed by atoms with Crippen molar-refractivity contribution in [3.63, 3.8) is 0 Å². The van der Waals surface area contributed by atoms with Crippen molar-refractivity contribution in [3.05, 3.63) is 64.6 Å². The molecule has 3 atom stereocenters. The normalized spacial score (nSPS) is 19.2. The molecule has 1 heterocycles. The van der Waals surface area contributed by atoms with Crippen LogP contribution in [0.1, 0.15) is 32.4 Å². The highest BCUT2D eigenvalue weighted by atomic mass is 79.9. The van der Waals surface area contributed by atoms with E-state index in [1.165, 1.54) is 0 Å². The van der Waals surface area contributed by atoms with Gasteiger partial charge in [-0.1, -0.05) is 67.0 Å². The first-order valence-electron chi connectivity index (χ1n) is 9.44. The lowest BCUT2D eigenvalue weighted by Gasteiger charge is -2.30. The molecule has 0 unspecified atom stereocenters. The predicted octanol–water partition coefficient (Wildman–Crippen LogP) is 4.78. The Morgan fingerprint density at radius 2 is 1.71 bits per heavy atom. The fourth-order valence-corrected chi connectivity index (χ4v) is 4.18. The summed E-state index contributed by atoms with van der Waals surface area (Å²) in [6.45, 7) is 6.61. The van der Waals surface area contributed by atoms with E-state index in [0.717, 1.165) is 15.7 Å². The average molecular weight is 461 g/mol. The number of amides is 1. The summed E-state index contributed by atoms with van der Waals surface area (Å²) in [4.78, 5) is 17.1. The van der Waals surface area contributed by atoms with Crippen molar-refractivity contribution in [2.24, 2.45) is 11.8 Å². The van der Waals surface area contributed by atoms with Crippen LogP contribution in [0.25, 0.3) is 0 Å². The first kappa shape index (κ1) is 21.0. The molecule has 4 nitrogen and oxygen atoms in total. The molecule has 0 aliphatic carbocycles. The summed E-state index contributed by atoms with van der Waals surface area (Å²) in [6.07, 6.45) is -0.887. The Balaban J connectivity index is 1.85. The van der Waals surface area contributed by atoms with Crippen LogP contribution in [-0.4, -0.2) is 33.6 Å². The smallest absolute Gasteiger partial charge is 0.234 e. The van der Waals surface area contributed by atoms with Crippen LogP contribution in [-0.2, 0) is 4.79 Å². The average Bonchev–Trinajstić information content (AvgIpc) is 3.05. The van der Waals surface area contributed by atoms with Crippen molar-refractivity contribution >= 4 is 44.9 Å². The lowest BCUT2D eigenvalue weighted by atomic mass is 9.95. The molecule has 0 saturated carbocycles. The van der Waals surface area contributed by atoms with Crippen LogP contribution < -0.4 is 4.90 Å². The number of carbonyl (C=O) groups is 1. The number of anilines is 1. The van der Waals surface area contributed by atoms with E-state index in [1.807, 2.05) is 59.5 Å². The van der Waals surface area contributed by atoms with Crippen LogP contribution >= 0.6 is 28.1 Å². The Morgan fingerprint density at radius 3 is 2.29 bits per heavy atom. The minimum Gasteiger partial charge on any atom is -0.388 e. The third kappa shape index (κ3) is 4.14. The highest BCUT2D eigenvalue weighted by Gasteiger charge is 2.43. The van der Waals surface area contributed by atoms with Gasteiger partial charge in [0.15, 0.2) is 5.11 Å². The van der Waals surface area contributed by atoms with Gasteiger partial charge in [-0.15, -0.1) is 0 Å². The van der Waals surface area contributed by atoms with Crippen molar-refractivity contribution in [1.82, 2.24) is 4.90 Å². The topological polar surface area (TPSA) is 43.8 Å². The van der Waals surface area contributed by atoms with Crippen LogP contribution in [0.2, 0.25) is 0 Å². The van der Waals surface area contributed by atoms with Crippen molar-refractivity contribution in [2.45, 2.75) is 32.9 Å². The van der Waals surface area contributed by atoms with Gasteiger partial charge in [-0.25, -0.2) is 0 Å². The molecule has 1 aliphatic heterocycles. The Bertz CT molecular complexity index is 841. The minimum atomic E-state index is -0.887. The lowest BCUT2D eigenvalue weighted by Crippen LogP contribution is -2.46. The van der Waals surface area contributed by atoms with E-state index in [1.54, 1.807) is 11.8 Å². The molecule has 1 N–H and O–H groups in total. The van der Waals surface area contributed by atoms with Crippen molar-refractivity contribution in [2.75, 3.05) is 11.4 Å². The molecule has 28 heavy (non-hydrogen) atoms. The fraction of sp³-hybridized carbons (Fsp3) is 0.364. The summed E-state index contributed by atoms with van der Waals surface area (Å²) < 4.78 is 0.932. The van der Waals surface area contributed by atoms with E-state index in [2.05, 4.69) is 29.8 Å². The summed E-state index contributed by atoms with van der Waals surface area (Å²) in [5.74, 6) is -0.499. The number of halogens is 1. The summed E-state index contributed by atoms with van der Waals surface area (Å²) in [6, 6.07) is 17.2. The largest absolute Gasteiger partial charge is 0.388 e. The molecule has 0 radical (unpaired) electrons. The molecular formula is C22H25BrN2O2S. The molecular weight excluding hydrogens is 436 g/mol. The van der Waals surface area contributed by atoms with Gasteiger partial charge in [0.2, 0.25) is 5.91 Å². The van der Waals surface area contributed by atoms with E-state index in [0.29, 0.717) is 11.7 Å². The molecule has 0 spiro atoms. The molecule has 3 rings (SSSR count). The molecule has 2 aromatic carbocycles. The Hall–Kier alpha value is -1.76. The number of carbonyl (C=O) groups excluding carboxylic acids is 1. The maximum Gasteiger partial charge on any atom is 0.234 e. The molecule has 2 aromatic rings. The highest BCUT2D eigenvalue weighted by molar-refractivity contribution is 9.10. The van der Waals surface area contributed by atoms with E-state index >= 15 is 0 Å². The standard InChI is InChI=1S/C22H25BrN2O2S/c1-14(2)19-13-24(18-7-5-4-6-8-18)22(28)25(19)21(27)15(3)20(26)16-9-11-17(23)12-10-16/h4-12,14-15,19-20,26H,13H2,1-3H3/t15-,19-,20-/m1/s1. The molecule has 1 amide bonds. The third-order valence-electron chi connectivity index (χ3n) is 5.29. The second-order valence-electron chi connectivity index (χ2n) is 7.53. The SMILES string of the molecule is CC(C)[C@H]1CN(c2ccccc2)C(=S)N1C(=O)[C@H](C)[C@@H](O)c1ccc(Br)cc1. The lowest BCUT2D eigenvalue weighted by molar-refractivity contribution is -0.136. The maximum absolute atomic E-state index is 13.4. The van der Waals surface area contributed by atoms with Crippen LogP contribution in [0.4, 0.5) is 5.69 Å². The van der Waals surface area contributed by atoms with Gasteiger partial charge in [-0.2, -0.15) is 0 Å². The molecule has 0 bridgehead atoms. The van der Waals surface area contributed by atoms with Crippen molar-refractivity contribution < 1.29 is 9.90 Å². The number of nitrogens with zero attached hydrogens (tertiary/aromatic N) is 2. The molecule has 0 aromatic heterocycles. The molecule has 1 fully saturated rings. The number of aliphatic hydroxyl groups is 1. The quantitative estimate of drug-likeness (QED) is 0.652. The molecule has 1 saturated heterocycles. The fourth-order valence-electron chi connectivity index (χ4n) is 3.51. The Kier molecular flexibility index (Phi) is 6.53. The van der Waals surface area contributed by atoms with E-state index in [4.69, 9.17) is 12.2 Å². The van der Waals surface area contributed by atoms with Gasteiger partial charge in [-0.3, -0.25) is 9.69 Å². The van der Waals surface area contributed by atoms with Crippen LogP contribution in [0, 0.1) is 11.8 Å². The maximum atomic E-state index is 13.4. The summed E-state index contributed by atoms with van der Waals surface area (Å²) in [5, 5.41) is 11.3. The Morgan fingerprint density at radius 1 is 1.11 bits per heavy atom. The summed E-state index contributed by atoms with van der Waals surface area (Å²) in [7, 11) is 0. The van der Waals surface area contributed by atoms with Gasteiger partial charge in [0.05, 0.1) is 18.1 Å². The number of aliphatic hydroxyl groups excluding tert-OH is 1. The van der Waals surface area contributed by atoms with Crippen molar-refractivity contribution in [1.29, 1.82) is 0 Å². The van der Waals surface area contributed by atoms with E-state index < -0.39 is 12.0 Å². The number of thiocarbonyl (C=S) groups is 1.